The number of para-hydroxylation sites is 1. The highest BCUT2D eigenvalue weighted by molar-refractivity contribution is 7.17. The summed E-state index contributed by atoms with van der Waals surface area (Å²) in [4.78, 5) is 17.7. The average molecular weight is 320 g/mol. The van der Waals surface area contributed by atoms with Gasteiger partial charge in [0.2, 0.25) is 0 Å². The van der Waals surface area contributed by atoms with Crippen LogP contribution < -0.4 is 5.56 Å². The number of rotatable bonds is 2. The third-order valence-electron chi connectivity index (χ3n) is 3.69. The van der Waals surface area contributed by atoms with E-state index in [0.717, 1.165) is 11.1 Å². The van der Waals surface area contributed by atoms with Crippen molar-refractivity contribution < 1.29 is 5.11 Å². The molecule has 0 bridgehead atoms. The van der Waals surface area contributed by atoms with Crippen LogP contribution in [0.25, 0.3) is 27.0 Å². The Morgan fingerprint density at radius 2 is 1.61 bits per heavy atom. The second-order valence-corrected chi connectivity index (χ2v) is 5.94. The van der Waals surface area contributed by atoms with Crippen molar-refractivity contribution in [3.8, 4) is 22.8 Å². The van der Waals surface area contributed by atoms with Crippen LogP contribution in [0.5, 0.6) is 6.01 Å². The van der Waals surface area contributed by atoms with Crippen LogP contribution in [0.3, 0.4) is 0 Å². The number of aromatic nitrogens is 2. The van der Waals surface area contributed by atoms with E-state index in [1.807, 2.05) is 53.9 Å². The van der Waals surface area contributed by atoms with Crippen molar-refractivity contribution in [2.24, 2.45) is 0 Å². The minimum atomic E-state index is -0.296. The standard InChI is InChI=1S/C18H12N2O2S/c21-17-15-14(12-7-3-1-4-8-12)11-23-16(15)19-18(22)20(17)13-9-5-2-6-10-13/h1-11H,(H,19,22). The highest BCUT2D eigenvalue weighted by Crippen LogP contribution is 2.32. The van der Waals surface area contributed by atoms with Gasteiger partial charge in [-0.3, -0.25) is 4.79 Å². The molecule has 0 fully saturated rings. The Kier molecular flexibility index (Phi) is 3.20. The highest BCUT2D eigenvalue weighted by Gasteiger charge is 2.17. The van der Waals surface area contributed by atoms with E-state index in [-0.39, 0.29) is 11.6 Å². The second kappa shape index (κ2) is 5.37. The molecule has 0 amide bonds. The zero-order valence-electron chi connectivity index (χ0n) is 12.0. The predicted octanol–water partition coefficient (Wildman–Crippen LogP) is 3.82. The van der Waals surface area contributed by atoms with E-state index in [1.165, 1.54) is 15.9 Å². The first kappa shape index (κ1) is 13.7. The fraction of sp³-hybridized carbons (Fsp3) is 0. The van der Waals surface area contributed by atoms with Crippen molar-refractivity contribution in [2.45, 2.75) is 0 Å². The summed E-state index contributed by atoms with van der Waals surface area (Å²) in [5.41, 5.74) is 2.13. The fourth-order valence-electron chi connectivity index (χ4n) is 2.62. The third-order valence-corrected chi connectivity index (χ3v) is 4.56. The van der Waals surface area contributed by atoms with E-state index in [0.29, 0.717) is 15.9 Å². The zero-order chi connectivity index (χ0) is 15.8. The molecule has 0 radical (unpaired) electrons. The van der Waals surface area contributed by atoms with E-state index in [9.17, 15) is 9.90 Å². The Morgan fingerprint density at radius 3 is 2.30 bits per heavy atom. The molecule has 0 atom stereocenters. The molecule has 1 N–H and O–H groups in total. The average Bonchev–Trinajstić information content (AvgIpc) is 3.00. The second-order valence-electron chi connectivity index (χ2n) is 5.08. The molecule has 0 aliphatic carbocycles. The normalized spacial score (nSPS) is 11.0. The first-order valence-electron chi connectivity index (χ1n) is 7.10. The molecule has 2 aromatic heterocycles. The van der Waals surface area contributed by atoms with Crippen LogP contribution in [0.4, 0.5) is 0 Å². The van der Waals surface area contributed by atoms with Gasteiger partial charge in [-0.1, -0.05) is 48.5 Å². The van der Waals surface area contributed by atoms with Gasteiger partial charge in [-0.15, -0.1) is 11.3 Å². The number of hydrogen-bond acceptors (Lipinski definition) is 4. The molecule has 112 valence electrons. The van der Waals surface area contributed by atoms with Crippen LogP contribution in [0.1, 0.15) is 0 Å². The lowest BCUT2D eigenvalue weighted by Gasteiger charge is -2.08. The largest absolute Gasteiger partial charge is 0.480 e. The molecule has 0 spiro atoms. The molecule has 4 nitrogen and oxygen atoms in total. The molecule has 5 heteroatoms. The number of thiophene rings is 1. The van der Waals surface area contributed by atoms with Gasteiger partial charge < -0.3 is 5.11 Å². The Labute approximate surface area is 135 Å². The quantitative estimate of drug-likeness (QED) is 0.611. The van der Waals surface area contributed by atoms with Crippen LogP contribution in [-0.2, 0) is 0 Å². The molecule has 0 saturated carbocycles. The topological polar surface area (TPSA) is 55.1 Å². The molecular weight excluding hydrogens is 308 g/mol. The van der Waals surface area contributed by atoms with Crippen LogP contribution in [0.15, 0.2) is 70.8 Å². The number of benzene rings is 2. The van der Waals surface area contributed by atoms with Gasteiger partial charge in [0.05, 0.1) is 11.1 Å². The lowest BCUT2D eigenvalue weighted by molar-refractivity contribution is 0.415. The Hall–Kier alpha value is -2.92. The smallest absolute Gasteiger partial charge is 0.302 e. The van der Waals surface area contributed by atoms with E-state index in [1.54, 1.807) is 12.1 Å². The lowest BCUT2D eigenvalue weighted by Crippen LogP contribution is -2.19. The predicted molar refractivity (Wildman–Crippen MR) is 92.3 cm³/mol. The van der Waals surface area contributed by atoms with Gasteiger partial charge in [0.1, 0.15) is 4.83 Å². The van der Waals surface area contributed by atoms with E-state index in [4.69, 9.17) is 0 Å². The summed E-state index contributed by atoms with van der Waals surface area (Å²) in [6.07, 6.45) is 0. The summed E-state index contributed by atoms with van der Waals surface area (Å²) < 4.78 is 1.24. The fourth-order valence-corrected chi connectivity index (χ4v) is 3.55. The molecule has 4 aromatic rings. The minimum absolute atomic E-state index is 0.265. The lowest BCUT2D eigenvalue weighted by atomic mass is 10.1. The Balaban J connectivity index is 2.06. The van der Waals surface area contributed by atoms with Crippen molar-refractivity contribution in [3.05, 3.63) is 76.4 Å². The van der Waals surface area contributed by atoms with Gasteiger partial charge in [0.15, 0.2) is 0 Å². The van der Waals surface area contributed by atoms with Crippen LogP contribution >= 0.6 is 11.3 Å². The molecule has 0 saturated heterocycles. The zero-order valence-corrected chi connectivity index (χ0v) is 12.8. The SMILES string of the molecule is O=c1c2c(-c3ccccc3)csc2nc(O)n1-c1ccccc1. The van der Waals surface area contributed by atoms with Crippen LogP contribution in [-0.4, -0.2) is 14.7 Å². The van der Waals surface area contributed by atoms with Crippen molar-refractivity contribution in [3.63, 3.8) is 0 Å². The van der Waals surface area contributed by atoms with Crippen molar-refractivity contribution in [2.75, 3.05) is 0 Å². The molecule has 0 aliphatic heterocycles. The number of nitrogens with zero attached hydrogens (tertiary/aromatic N) is 2. The summed E-state index contributed by atoms with van der Waals surface area (Å²) in [7, 11) is 0. The summed E-state index contributed by atoms with van der Waals surface area (Å²) in [6.45, 7) is 0. The van der Waals surface area contributed by atoms with Gasteiger partial charge in [0.25, 0.3) is 5.56 Å². The first-order chi connectivity index (χ1) is 11.3. The first-order valence-corrected chi connectivity index (χ1v) is 7.98. The van der Waals surface area contributed by atoms with Gasteiger partial charge in [-0.05, 0) is 17.7 Å². The summed E-state index contributed by atoms with van der Waals surface area (Å²) in [5.74, 6) is 0. The van der Waals surface area contributed by atoms with E-state index >= 15 is 0 Å². The van der Waals surface area contributed by atoms with Gasteiger partial charge in [0, 0.05) is 10.9 Å². The Morgan fingerprint density at radius 1 is 0.957 bits per heavy atom. The Bertz CT molecular complexity index is 1040. The van der Waals surface area contributed by atoms with Gasteiger partial charge >= 0.3 is 6.01 Å². The van der Waals surface area contributed by atoms with Crippen molar-refractivity contribution >= 4 is 21.6 Å². The monoisotopic (exact) mass is 320 g/mol. The molecule has 23 heavy (non-hydrogen) atoms. The maximum Gasteiger partial charge on any atom is 0.302 e. The number of aromatic hydroxyl groups is 1. The van der Waals surface area contributed by atoms with E-state index in [2.05, 4.69) is 4.98 Å². The number of hydrogen-bond donors (Lipinski definition) is 1. The number of fused-ring (bicyclic) bond motifs is 1. The summed E-state index contributed by atoms with van der Waals surface area (Å²) in [6, 6.07) is 18.4. The van der Waals surface area contributed by atoms with Crippen LogP contribution in [0, 0.1) is 0 Å². The van der Waals surface area contributed by atoms with E-state index < -0.39 is 0 Å². The summed E-state index contributed by atoms with van der Waals surface area (Å²) in [5, 5.41) is 12.6. The molecule has 2 aromatic carbocycles. The maximum atomic E-state index is 13.0. The molecule has 0 unspecified atom stereocenters. The van der Waals surface area contributed by atoms with Crippen molar-refractivity contribution in [1.82, 2.24) is 9.55 Å². The van der Waals surface area contributed by atoms with Gasteiger partial charge in [-0.2, -0.15) is 4.98 Å². The third kappa shape index (κ3) is 2.22. The van der Waals surface area contributed by atoms with Crippen LogP contribution in [0.2, 0.25) is 0 Å². The maximum absolute atomic E-state index is 13.0. The molecule has 0 aliphatic rings. The van der Waals surface area contributed by atoms with Gasteiger partial charge in [-0.25, -0.2) is 4.57 Å². The summed E-state index contributed by atoms with van der Waals surface area (Å²) >= 11 is 1.36. The molecule has 2 heterocycles. The molecule has 4 rings (SSSR count). The molecular formula is C18H12N2O2S. The minimum Gasteiger partial charge on any atom is -0.480 e. The van der Waals surface area contributed by atoms with Crippen molar-refractivity contribution in [1.29, 1.82) is 0 Å². The highest BCUT2D eigenvalue weighted by atomic mass is 32.1.